The van der Waals surface area contributed by atoms with Crippen LogP contribution in [0.1, 0.15) is 30.3 Å². The molecule has 27 heavy (non-hydrogen) atoms. The first-order chi connectivity index (χ1) is 13.1. The molecule has 1 aliphatic rings. The number of likely N-dealkylation sites (tertiary alicyclic amines) is 1. The van der Waals surface area contributed by atoms with Gasteiger partial charge >= 0.3 is 0 Å². The van der Waals surface area contributed by atoms with Gasteiger partial charge in [0.1, 0.15) is 0 Å². The fourth-order valence-corrected chi connectivity index (χ4v) is 4.98. The molecular weight excluding hydrogens is 354 g/mol. The number of piperidine rings is 1. The number of nitrogens with zero attached hydrogens (tertiary/aromatic N) is 2. The number of benzene rings is 2. The molecule has 2 aromatic carbocycles. The number of thiazole rings is 1. The number of carbonyl (C=O) groups is 1. The average Bonchev–Trinajstić information content (AvgIpc) is 3.10. The zero-order valence-corrected chi connectivity index (χ0v) is 16.4. The van der Waals surface area contributed by atoms with Gasteiger partial charge in [0.2, 0.25) is 5.91 Å². The van der Waals surface area contributed by atoms with Crippen LogP contribution in [0.15, 0.2) is 54.6 Å². The summed E-state index contributed by atoms with van der Waals surface area (Å²) >= 11 is 1.68. The van der Waals surface area contributed by atoms with Gasteiger partial charge in [-0.25, -0.2) is 4.98 Å². The van der Waals surface area contributed by atoms with E-state index in [0.717, 1.165) is 42.0 Å². The minimum absolute atomic E-state index is 0.180. The maximum atomic E-state index is 13.6. The smallest absolute Gasteiger partial charge is 0.233 e. The molecule has 2 heterocycles. The lowest BCUT2D eigenvalue weighted by Gasteiger charge is -2.38. The number of hydrogen-bond acceptors (Lipinski definition) is 4. The van der Waals surface area contributed by atoms with Crippen molar-refractivity contribution in [2.24, 2.45) is 5.73 Å². The van der Waals surface area contributed by atoms with Gasteiger partial charge in [-0.1, -0.05) is 42.5 Å². The number of hydrogen-bond donors (Lipinski definition) is 1. The first-order valence-corrected chi connectivity index (χ1v) is 10.3. The van der Waals surface area contributed by atoms with Crippen molar-refractivity contribution in [1.82, 2.24) is 9.88 Å². The minimum Gasteiger partial charge on any atom is -0.342 e. The zero-order chi connectivity index (χ0) is 18.9. The highest BCUT2D eigenvalue weighted by Gasteiger charge is 2.40. The molecule has 0 spiro atoms. The highest BCUT2D eigenvalue weighted by atomic mass is 32.1. The lowest BCUT2D eigenvalue weighted by Crippen LogP contribution is -2.51. The molecule has 1 aliphatic heterocycles. The predicted molar refractivity (Wildman–Crippen MR) is 111 cm³/mol. The van der Waals surface area contributed by atoms with Crippen molar-refractivity contribution in [3.05, 3.63) is 65.2 Å². The van der Waals surface area contributed by atoms with E-state index in [1.54, 1.807) is 11.3 Å². The number of nitrogens with two attached hydrogens (primary N) is 1. The molecule has 1 fully saturated rings. The number of fused-ring (bicyclic) bond motifs is 1. The quantitative estimate of drug-likeness (QED) is 0.751. The molecule has 4 nitrogen and oxygen atoms in total. The molecule has 1 aromatic heterocycles. The number of aromatic nitrogens is 1. The van der Waals surface area contributed by atoms with Crippen LogP contribution < -0.4 is 5.73 Å². The summed E-state index contributed by atoms with van der Waals surface area (Å²) in [4.78, 5) is 20.4. The summed E-state index contributed by atoms with van der Waals surface area (Å²) in [6, 6.07) is 18.5. The van der Waals surface area contributed by atoms with Gasteiger partial charge in [-0.15, -0.1) is 11.3 Å². The topological polar surface area (TPSA) is 59.2 Å². The highest BCUT2D eigenvalue weighted by molar-refractivity contribution is 7.18. The molecule has 1 unspecified atom stereocenters. The van der Waals surface area contributed by atoms with Gasteiger partial charge in [0.15, 0.2) is 0 Å². The van der Waals surface area contributed by atoms with Crippen molar-refractivity contribution in [2.75, 3.05) is 13.1 Å². The van der Waals surface area contributed by atoms with Crippen LogP contribution in [-0.2, 0) is 16.6 Å². The van der Waals surface area contributed by atoms with Crippen LogP contribution in [0.3, 0.4) is 0 Å². The second-order valence-electron chi connectivity index (χ2n) is 7.58. The van der Waals surface area contributed by atoms with Gasteiger partial charge in [0.25, 0.3) is 0 Å². The number of amides is 1. The normalized spacial score (nSPS) is 17.8. The molecule has 3 aromatic rings. The van der Waals surface area contributed by atoms with Crippen LogP contribution in [0, 0.1) is 0 Å². The first kappa shape index (κ1) is 18.1. The van der Waals surface area contributed by atoms with E-state index in [0.29, 0.717) is 6.42 Å². The summed E-state index contributed by atoms with van der Waals surface area (Å²) in [6.45, 7) is 3.54. The molecule has 2 N–H and O–H groups in total. The van der Waals surface area contributed by atoms with Gasteiger partial charge in [0, 0.05) is 25.6 Å². The second-order valence-corrected chi connectivity index (χ2v) is 8.70. The summed E-state index contributed by atoms with van der Waals surface area (Å²) in [5.41, 5.74) is 7.46. The lowest BCUT2D eigenvalue weighted by molar-refractivity contribution is -0.138. The molecule has 1 atom stereocenters. The first-order valence-electron chi connectivity index (χ1n) is 9.51. The van der Waals surface area contributed by atoms with Crippen LogP contribution >= 0.6 is 11.3 Å². The van der Waals surface area contributed by atoms with Gasteiger partial charge < -0.3 is 10.6 Å². The molecule has 140 valence electrons. The summed E-state index contributed by atoms with van der Waals surface area (Å²) in [5, 5.41) is 1.00. The molecule has 0 radical (unpaired) electrons. The minimum atomic E-state index is -0.628. The van der Waals surface area contributed by atoms with Gasteiger partial charge in [-0.2, -0.15) is 0 Å². The maximum absolute atomic E-state index is 13.6. The third-order valence-electron chi connectivity index (χ3n) is 5.55. The molecule has 0 bridgehead atoms. The number of rotatable bonds is 4. The molecule has 5 heteroatoms. The molecule has 1 saturated heterocycles. The zero-order valence-electron chi connectivity index (χ0n) is 15.6. The van der Waals surface area contributed by atoms with E-state index in [1.165, 1.54) is 4.70 Å². The van der Waals surface area contributed by atoms with Crippen LogP contribution in [0.25, 0.3) is 10.2 Å². The predicted octanol–water partition coefficient (Wildman–Crippen LogP) is 3.75. The van der Waals surface area contributed by atoms with Crippen molar-refractivity contribution >= 4 is 27.5 Å². The van der Waals surface area contributed by atoms with E-state index in [9.17, 15) is 4.79 Å². The van der Waals surface area contributed by atoms with Gasteiger partial charge in [0.05, 0.1) is 20.6 Å². The molecule has 0 saturated carbocycles. The maximum Gasteiger partial charge on any atom is 0.233 e. The lowest BCUT2D eigenvalue weighted by atomic mass is 9.78. The number of para-hydroxylation sites is 1. The van der Waals surface area contributed by atoms with E-state index in [-0.39, 0.29) is 11.9 Å². The largest absolute Gasteiger partial charge is 0.342 e. The Hall–Kier alpha value is -2.24. The fourth-order valence-electron chi connectivity index (χ4n) is 3.86. The van der Waals surface area contributed by atoms with Crippen molar-refractivity contribution in [3.8, 4) is 0 Å². The van der Waals surface area contributed by atoms with E-state index < -0.39 is 5.41 Å². The Morgan fingerprint density at radius 2 is 1.81 bits per heavy atom. The standard InChI is InChI=1S/C22H25N3OS/c1-22(16-7-3-2-4-8-16,21(26)25-13-11-17(23)12-14-25)15-20-24-18-9-5-6-10-19(18)27-20/h2-10,17H,11-15,23H2,1H3. The van der Waals surface area contributed by atoms with Crippen molar-refractivity contribution in [3.63, 3.8) is 0 Å². The summed E-state index contributed by atoms with van der Waals surface area (Å²) in [6.07, 6.45) is 2.35. The SMILES string of the molecule is CC(Cc1nc2ccccc2s1)(C(=O)N1CCC(N)CC1)c1ccccc1. The highest BCUT2D eigenvalue weighted by Crippen LogP contribution is 2.34. The Balaban J connectivity index is 1.68. The van der Waals surface area contributed by atoms with Crippen LogP contribution in [0.4, 0.5) is 0 Å². The monoisotopic (exact) mass is 379 g/mol. The molecule has 0 aliphatic carbocycles. The van der Waals surface area contributed by atoms with Crippen LogP contribution in [-0.4, -0.2) is 34.9 Å². The molecule has 4 rings (SSSR count). The summed E-state index contributed by atoms with van der Waals surface area (Å²) in [5.74, 6) is 0.180. The summed E-state index contributed by atoms with van der Waals surface area (Å²) < 4.78 is 1.17. The third kappa shape index (κ3) is 3.62. The summed E-state index contributed by atoms with van der Waals surface area (Å²) in [7, 11) is 0. The Bertz CT molecular complexity index is 898. The Kier molecular flexibility index (Phi) is 4.98. The van der Waals surface area contributed by atoms with E-state index in [2.05, 4.69) is 25.1 Å². The van der Waals surface area contributed by atoms with Gasteiger partial charge in [-0.05, 0) is 37.5 Å². The van der Waals surface area contributed by atoms with E-state index >= 15 is 0 Å². The molecular formula is C22H25N3OS. The third-order valence-corrected chi connectivity index (χ3v) is 6.59. The van der Waals surface area contributed by atoms with Crippen molar-refractivity contribution in [2.45, 2.75) is 37.6 Å². The average molecular weight is 380 g/mol. The second kappa shape index (κ2) is 7.41. The fraction of sp³-hybridized carbons (Fsp3) is 0.364. The molecule has 1 amide bonds. The van der Waals surface area contributed by atoms with Gasteiger partial charge in [-0.3, -0.25) is 4.79 Å². The Morgan fingerprint density at radius 3 is 2.52 bits per heavy atom. The van der Waals surface area contributed by atoms with Crippen LogP contribution in [0.5, 0.6) is 0 Å². The Labute approximate surface area is 164 Å². The van der Waals surface area contributed by atoms with Crippen LogP contribution in [0.2, 0.25) is 0 Å². The van der Waals surface area contributed by atoms with Crippen molar-refractivity contribution < 1.29 is 4.79 Å². The Morgan fingerprint density at radius 1 is 1.15 bits per heavy atom. The van der Waals surface area contributed by atoms with Crippen molar-refractivity contribution in [1.29, 1.82) is 0 Å². The number of carbonyl (C=O) groups excluding carboxylic acids is 1. The van der Waals surface area contributed by atoms with E-state index in [1.807, 2.05) is 41.3 Å². The van der Waals surface area contributed by atoms with E-state index in [4.69, 9.17) is 10.7 Å².